The first-order valence-electron chi connectivity index (χ1n) is 17.8. The van der Waals surface area contributed by atoms with E-state index < -0.39 is 0 Å². The molecule has 3 heterocycles. The van der Waals surface area contributed by atoms with Gasteiger partial charge < -0.3 is 0 Å². The molecule has 0 N–H and O–H groups in total. The molecule has 0 saturated heterocycles. The highest BCUT2D eigenvalue weighted by Crippen LogP contribution is 2.40. The van der Waals surface area contributed by atoms with Gasteiger partial charge in [0.1, 0.15) is 0 Å². The van der Waals surface area contributed by atoms with Crippen LogP contribution >= 0.6 is 11.3 Å². The molecular formula is C49H31N3S. The van der Waals surface area contributed by atoms with Crippen molar-refractivity contribution in [1.29, 1.82) is 0 Å². The highest BCUT2D eigenvalue weighted by Gasteiger charge is 2.16. The van der Waals surface area contributed by atoms with E-state index in [-0.39, 0.29) is 0 Å². The third-order valence-electron chi connectivity index (χ3n) is 9.92. The number of thiophene rings is 1. The van der Waals surface area contributed by atoms with E-state index in [1.165, 1.54) is 42.1 Å². The zero-order chi connectivity index (χ0) is 35.1. The lowest BCUT2D eigenvalue weighted by Gasteiger charge is -2.15. The molecule has 0 aliphatic rings. The van der Waals surface area contributed by atoms with Crippen molar-refractivity contribution in [2.24, 2.45) is 0 Å². The fourth-order valence-electron chi connectivity index (χ4n) is 7.31. The highest BCUT2D eigenvalue weighted by atomic mass is 32.1. The summed E-state index contributed by atoms with van der Waals surface area (Å²) in [4.78, 5) is 15.0. The van der Waals surface area contributed by atoms with Crippen LogP contribution in [0.5, 0.6) is 0 Å². The number of fused-ring (bicyclic) bond motifs is 4. The Kier molecular flexibility index (Phi) is 7.67. The number of hydrogen-bond donors (Lipinski definition) is 0. The second-order valence-electron chi connectivity index (χ2n) is 13.3. The Hall–Kier alpha value is -6.75. The molecule has 53 heavy (non-hydrogen) atoms. The Morgan fingerprint density at radius 3 is 1.85 bits per heavy atom. The largest absolute Gasteiger partial charge is 0.256 e. The molecule has 0 bridgehead atoms. The van der Waals surface area contributed by atoms with Crippen LogP contribution in [0.2, 0.25) is 0 Å². The fraction of sp³-hybridized carbons (Fsp3) is 0. The van der Waals surface area contributed by atoms with E-state index in [4.69, 9.17) is 9.97 Å². The molecule has 0 spiro atoms. The van der Waals surface area contributed by atoms with Crippen LogP contribution in [-0.2, 0) is 0 Å². The third kappa shape index (κ3) is 5.85. The number of rotatable bonds is 6. The quantitative estimate of drug-likeness (QED) is 0.174. The lowest BCUT2D eigenvalue weighted by molar-refractivity contribution is 1.18. The molecule has 0 aliphatic heterocycles. The van der Waals surface area contributed by atoms with Crippen LogP contribution < -0.4 is 0 Å². The molecule has 10 aromatic rings. The van der Waals surface area contributed by atoms with Gasteiger partial charge in [-0.1, -0.05) is 121 Å². The van der Waals surface area contributed by atoms with Gasteiger partial charge in [-0.3, -0.25) is 4.98 Å². The molecule has 0 atom stereocenters. The summed E-state index contributed by atoms with van der Waals surface area (Å²) in [7, 11) is 0. The number of pyridine rings is 1. The number of benzene rings is 7. The summed E-state index contributed by atoms with van der Waals surface area (Å²) in [6, 6.07) is 64.5. The van der Waals surface area contributed by atoms with Gasteiger partial charge in [-0.25, -0.2) is 9.97 Å². The van der Waals surface area contributed by atoms with Gasteiger partial charge in [0, 0.05) is 48.6 Å². The minimum Gasteiger partial charge on any atom is -0.256 e. The van der Waals surface area contributed by atoms with E-state index in [1.54, 1.807) is 0 Å². The van der Waals surface area contributed by atoms with E-state index in [0.717, 1.165) is 50.5 Å². The first-order chi connectivity index (χ1) is 26.2. The van der Waals surface area contributed by atoms with Gasteiger partial charge in [0.25, 0.3) is 0 Å². The molecule has 3 aromatic heterocycles. The normalized spacial score (nSPS) is 11.4. The van der Waals surface area contributed by atoms with Crippen LogP contribution in [0.3, 0.4) is 0 Å². The Balaban J connectivity index is 1.20. The van der Waals surface area contributed by atoms with Crippen LogP contribution in [0.4, 0.5) is 0 Å². The predicted molar refractivity (Wildman–Crippen MR) is 223 cm³/mol. The molecule has 0 saturated carbocycles. The minimum absolute atomic E-state index is 0.685. The van der Waals surface area contributed by atoms with E-state index in [1.807, 2.05) is 53.9 Å². The predicted octanol–water partition coefficient (Wildman–Crippen LogP) is 13.4. The van der Waals surface area contributed by atoms with Crippen molar-refractivity contribution in [2.75, 3.05) is 0 Å². The van der Waals surface area contributed by atoms with Gasteiger partial charge in [-0.15, -0.1) is 11.3 Å². The van der Waals surface area contributed by atoms with Crippen LogP contribution in [0, 0.1) is 0 Å². The number of aromatic nitrogens is 3. The average molecular weight is 694 g/mol. The number of hydrogen-bond acceptors (Lipinski definition) is 4. The molecule has 0 aliphatic carbocycles. The Labute approximate surface area is 311 Å². The molecule has 0 unspecified atom stereocenters. The van der Waals surface area contributed by atoms with Crippen molar-refractivity contribution in [1.82, 2.24) is 15.0 Å². The van der Waals surface area contributed by atoms with E-state index >= 15 is 0 Å². The molecule has 4 heteroatoms. The van der Waals surface area contributed by atoms with Gasteiger partial charge in [0.2, 0.25) is 0 Å². The molecule has 0 fully saturated rings. The Morgan fingerprint density at radius 2 is 0.981 bits per heavy atom. The SMILES string of the molecule is c1ccc(-c2nc(-c3cccc(-c4ccccn4)c3)cc(-c3cc(-c4ccc5sc6ccccc6c5c4)cc(-c4cccc5ccccc45)c3)n2)cc1. The second kappa shape index (κ2) is 13.1. The van der Waals surface area contributed by atoms with Gasteiger partial charge in [0.15, 0.2) is 5.82 Å². The molecule has 10 rings (SSSR count). The monoisotopic (exact) mass is 693 g/mol. The van der Waals surface area contributed by atoms with Gasteiger partial charge in [-0.2, -0.15) is 0 Å². The second-order valence-corrected chi connectivity index (χ2v) is 14.3. The van der Waals surface area contributed by atoms with Crippen molar-refractivity contribution in [2.45, 2.75) is 0 Å². The lowest BCUT2D eigenvalue weighted by atomic mass is 9.91. The maximum atomic E-state index is 5.27. The van der Waals surface area contributed by atoms with Crippen LogP contribution in [-0.4, -0.2) is 15.0 Å². The van der Waals surface area contributed by atoms with Crippen LogP contribution in [0.1, 0.15) is 0 Å². The van der Waals surface area contributed by atoms with E-state index in [2.05, 4.69) is 151 Å². The van der Waals surface area contributed by atoms with E-state index in [0.29, 0.717) is 5.82 Å². The zero-order valence-electron chi connectivity index (χ0n) is 28.6. The van der Waals surface area contributed by atoms with Crippen molar-refractivity contribution in [3.8, 4) is 67.4 Å². The summed E-state index contributed by atoms with van der Waals surface area (Å²) in [6.45, 7) is 0. The van der Waals surface area contributed by atoms with Crippen LogP contribution in [0.25, 0.3) is 98.4 Å². The zero-order valence-corrected chi connectivity index (χ0v) is 29.5. The maximum Gasteiger partial charge on any atom is 0.160 e. The molecule has 0 radical (unpaired) electrons. The standard InChI is InChI=1S/C49H31N3S/c1-2-13-33(14-3-1)49-51-45(36-17-10-16-35(26-36)44-21-8-9-25-50-44)31-46(52-49)39-28-37(27-38(29-39)41-20-11-15-32-12-4-5-18-40(32)41)34-23-24-48-43(30-34)42-19-6-7-22-47(42)53-48/h1-31H. The number of nitrogens with zero attached hydrogens (tertiary/aromatic N) is 3. The average Bonchev–Trinajstić information content (AvgIpc) is 3.62. The van der Waals surface area contributed by atoms with Gasteiger partial charge in [-0.05, 0) is 93.7 Å². The van der Waals surface area contributed by atoms with Gasteiger partial charge in [0.05, 0.1) is 17.1 Å². The summed E-state index contributed by atoms with van der Waals surface area (Å²) < 4.78 is 2.60. The van der Waals surface area contributed by atoms with Crippen molar-refractivity contribution >= 4 is 42.3 Å². The lowest BCUT2D eigenvalue weighted by Crippen LogP contribution is -1.97. The summed E-state index contributed by atoms with van der Waals surface area (Å²) in [5.41, 5.74) is 11.3. The first kappa shape index (κ1) is 31.0. The highest BCUT2D eigenvalue weighted by molar-refractivity contribution is 7.25. The Bertz CT molecular complexity index is 2940. The molecular weight excluding hydrogens is 663 g/mol. The molecule has 0 amide bonds. The topological polar surface area (TPSA) is 38.7 Å². The van der Waals surface area contributed by atoms with Crippen molar-refractivity contribution in [3.05, 3.63) is 188 Å². The smallest absolute Gasteiger partial charge is 0.160 e. The van der Waals surface area contributed by atoms with Crippen molar-refractivity contribution < 1.29 is 0 Å². The Morgan fingerprint density at radius 1 is 0.340 bits per heavy atom. The first-order valence-corrected chi connectivity index (χ1v) is 18.6. The van der Waals surface area contributed by atoms with Crippen LogP contribution in [0.15, 0.2) is 188 Å². The minimum atomic E-state index is 0.685. The van der Waals surface area contributed by atoms with Gasteiger partial charge >= 0.3 is 0 Å². The summed E-state index contributed by atoms with van der Waals surface area (Å²) in [6.07, 6.45) is 1.83. The molecule has 248 valence electrons. The van der Waals surface area contributed by atoms with E-state index in [9.17, 15) is 0 Å². The summed E-state index contributed by atoms with van der Waals surface area (Å²) >= 11 is 1.84. The van der Waals surface area contributed by atoms with Crippen molar-refractivity contribution in [3.63, 3.8) is 0 Å². The molecule has 7 aromatic carbocycles. The summed E-state index contributed by atoms with van der Waals surface area (Å²) in [5.74, 6) is 0.685. The molecule has 3 nitrogen and oxygen atoms in total. The third-order valence-corrected chi connectivity index (χ3v) is 11.1. The maximum absolute atomic E-state index is 5.27. The fourth-order valence-corrected chi connectivity index (χ4v) is 8.40. The summed E-state index contributed by atoms with van der Waals surface area (Å²) in [5, 5.41) is 5.01.